The first kappa shape index (κ1) is 20.4. The van der Waals surface area contributed by atoms with Crippen molar-refractivity contribution in [3.63, 3.8) is 0 Å². The number of rotatable bonds is 6. The zero-order chi connectivity index (χ0) is 21.9. The Morgan fingerprint density at radius 3 is 2.69 bits per heavy atom. The molecule has 32 heavy (non-hydrogen) atoms. The number of ether oxygens (including phenoxy) is 2. The van der Waals surface area contributed by atoms with Gasteiger partial charge in [0.25, 0.3) is 0 Å². The molecule has 166 valence electrons. The Kier molecular flexibility index (Phi) is 5.72. The molecule has 2 aromatic heterocycles. The highest BCUT2D eigenvalue weighted by Crippen LogP contribution is 2.32. The van der Waals surface area contributed by atoms with Crippen LogP contribution in [0, 0.1) is 5.82 Å². The number of benzene rings is 1. The molecule has 0 atom stereocenters. The quantitative estimate of drug-likeness (QED) is 0.580. The van der Waals surface area contributed by atoms with Crippen molar-refractivity contribution in [3.8, 4) is 0 Å². The number of hydrogen-bond acceptors (Lipinski definition) is 7. The Balaban J connectivity index is 1.51. The molecule has 8 nitrogen and oxygen atoms in total. The van der Waals surface area contributed by atoms with Gasteiger partial charge in [0.2, 0.25) is 11.9 Å². The monoisotopic (exact) mass is 436 g/mol. The molecule has 2 N–H and O–H groups in total. The van der Waals surface area contributed by atoms with Crippen LogP contribution in [0.25, 0.3) is 11.2 Å². The summed E-state index contributed by atoms with van der Waals surface area (Å²) in [5.41, 5.74) is 2.75. The SMILES string of the molecule is COC1=CC=C(Nc2ncc3nc(Nc4ccccc4F)n(C4CCOCC4)c3n2)CC1. The lowest BCUT2D eigenvalue weighted by Crippen LogP contribution is -2.21. The van der Waals surface area contributed by atoms with Gasteiger partial charge < -0.3 is 20.1 Å². The molecular formula is C23H25FN6O2. The van der Waals surface area contributed by atoms with E-state index in [1.165, 1.54) is 6.07 Å². The molecule has 1 saturated heterocycles. The summed E-state index contributed by atoms with van der Waals surface area (Å²) in [6, 6.07) is 6.71. The molecule has 0 radical (unpaired) electrons. The van der Waals surface area contributed by atoms with Gasteiger partial charge in [0, 0.05) is 31.4 Å². The minimum Gasteiger partial charge on any atom is -0.501 e. The third-order valence-electron chi connectivity index (χ3n) is 5.75. The number of hydrogen-bond donors (Lipinski definition) is 2. The van der Waals surface area contributed by atoms with Crippen molar-refractivity contribution in [2.24, 2.45) is 0 Å². The zero-order valence-corrected chi connectivity index (χ0v) is 17.8. The maximum absolute atomic E-state index is 14.3. The zero-order valence-electron chi connectivity index (χ0n) is 17.8. The molecule has 3 aromatic rings. The fraction of sp³-hybridized carbons (Fsp3) is 0.348. The second-order valence-corrected chi connectivity index (χ2v) is 7.81. The molecule has 1 fully saturated rings. The Morgan fingerprint density at radius 2 is 1.94 bits per heavy atom. The van der Waals surface area contributed by atoms with Crippen molar-refractivity contribution in [3.05, 3.63) is 59.9 Å². The lowest BCUT2D eigenvalue weighted by Gasteiger charge is -2.25. The average molecular weight is 436 g/mol. The molecule has 9 heteroatoms. The highest BCUT2D eigenvalue weighted by atomic mass is 19.1. The molecule has 0 amide bonds. The Labute approximate surface area is 185 Å². The summed E-state index contributed by atoms with van der Waals surface area (Å²) in [6.07, 6.45) is 8.95. The van der Waals surface area contributed by atoms with E-state index < -0.39 is 0 Å². The third kappa shape index (κ3) is 4.16. The van der Waals surface area contributed by atoms with Crippen LogP contribution in [-0.4, -0.2) is 39.8 Å². The summed E-state index contributed by atoms with van der Waals surface area (Å²) in [5.74, 6) is 1.67. The predicted molar refractivity (Wildman–Crippen MR) is 120 cm³/mol. The largest absolute Gasteiger partial charge is 0.501 e. The van der Waals surface area contributed by atoms with Crippen molar-refractivity contribution in [2.45, 2.75) is 31.7 Å². The van der Waals surface area contributed by atoms with Crippen molar-refractivity contribution in [1.29, 1.82) is 0 Å². The lowest BCUT2D eigenvalue weighted by molar-refractivity contribution is 0.0710. The van der Waals surface area contributed by atoms with Crippen LogP contribution in [0.2, 0.25) is 0 Å². The number of imidazole rings is 1. The van der Waals surface area contributed by atoms with E-state index in [4.69, 9.17) is 14.5 Å². The smallest absolute Gasteiger partial charge is 0.229 e. The minimum atomic E-state index is -0.334. The summed E-state index contributed by atoms with van der Waals surface area (Å²) in [5, 5.41) is 6.46. The van der Waals surface area contributed by atoms with Crippen LogP contribution in [0.5, 0.6) is 0 Å². The average Bonchev–Trinajstić information content (AvgIpc) is 3.19. The molecular weight excluding hydrogens is 411 g/mol. The van der Waals surface area contributed by atoms with Gasteiger partial charge in [0.15, 0.2) is 5.65 Å². The van der Waals surface area contributed by atoms with Gasteiger partial charge in [-0.2, -0.15) is 4.98 Å². The van der Waals surface area contributed by atoms with Crippen LogP contribution in [-0.2, 0) is 9.47 Å². The molecule has 5 rings (SSSR count). The highest BCUT2D eigenvalue weighted by Gasteiger charge is 2.24. The summed E-state index contributed by atoms with van der Waals surface area (Å²) in [4.78, 5) is 13.9. The normalized spacial score (nSPS) is 17.1. The van der Waals surface area contributed by atoms with Crippen molar-refractivity contribution in [2.75, 3.05) is 31.0 Å². The minimum absolute atomic E-state index is 0.145. The maximum atomic E-state index is 14.3. The van der Waals surface area contributed by atoms with Crippen molar-refractivity contribution < 1.29 is 13.9 Å². The topological polar surface area (TPSA) is 86.1 Å². The van der Waals surface area contributed by atoms with Crippen LogP contribution in [0.1, 0.15) is 31.7 Å². The third-order valence-corrected chi connectivity index (χ3v) is 5.75. The van der Waals surface area contributed by atoms with Crippen LogP contribution in [0.3, 0.4) is 0 Å². The number of fused-ring (bicyclic) bond motifs is 1. The maximum Gasteiger partial charge on any atom is 0.229 e. The molecule has 1 aliphatic carbocycles. The molecule has 1 aliphatic heterocycles. The Hall–Kier alpha value is -3.46. The number of halogens is 1. The van der Waals surface area contributed by atoms with Gasteiger partial charge in [-0.15, -0.1) is 0 Å². The van der Waals surface area contributed by atoms with Crippen LogP contribution < -0.4 is 10.6 Å². The van der Waals surface area contributed by atoms with E-state index in [1.807, 2.05) is 12.2 Å². The van der Waals surface area contributed by atoms with Crippen LogP contribution in [0.15, 0.2) is 54.1 Å². The van der Waals surface area contributed by atoms with E-state index in [0.717, 1.165) is 37.1 Å². The fourth-order valence-corrected chi connectivity index (χ4v) is 4.05. The van der Waals surface area contributed by atoms with E-state index >= 15 is 0 Å². The van der Waals surface area contributed by atoms with Crippen LogP contribution in [0.4, 0.5) is 22.0 Å². The van der Waals surface area contributed by atoms with Gasteiger partial charge in [-0.3, -0.25) is 4.57 Å². The lowest BCUT2D eigenvalue weighted by atomic mass is 10.1. The summed E-state index contributed by atoms with van der Waals surface area (Å²) >= 11 is 0. The van der Waals surface area contributed by atoms with Crippen molar-refractivity contribution >= 4 is 28.7 Å². The number of para-hydroxylation sites is 1. The highest BCUT2D eigenvalue weighted by molar-refractivity contribution is 5.76. The van der Waals surface area contributed by atoms with Gasteiger partial charge in [-0.25, -0.2) is 14.4 Å². The van der Waals surface area contributed by atoms with Gasteiger partial charge in [-0.1, -0.05) is 12.1 Å². The second-order valence-electron chi connectivity index (χ2n) is 7.81. The fourth-order valence-electron chi connectivity index (χ4n) is 4.05. The molecule has 3 heterocycles. The molecule has 2 aliphatic rings. The number of methoxy groups -OCH3 is 1. The number of nitrogens with one attached hydrogen (secondary N) is 2. The van der Waals surface area contributed by atoms with Crippen LogP contribution >= 0.6 is 0 Å². The first-order chi connectivity index (χ1) is 15.7. The van der Waals surface area contributed by atoms with Gasteiger partial charge in [-0.05, 0) is 43.5 Å². The molecule has 0 unspecified atom stereocenters. The second kappa shape index (κ2) is 8.96. The van der Waals surface area contributed by atoms with E-state index in [0.29, 0.717) is 42.0 Å². The van der Waals surface area contributed by atoms with Gasteiger partial charge in [0.1, 0.15) is 11.3 Å². The Morgan fingerprint density at radius 1 is 1.09 bits per heavy atom. The van der Waals surface area contributed by atoms with E-state index in [1.54, 1.807) is 31.5 Å². The van der Waals surface area contributed by atoms with Gasteiger partial charge >= 0.3 is 0 Å². The molecule has 0 saturated carbocycles. The van der Waals surface area contributed by atoms with Gasteiger partial charge in [0.05, 0.1) is 24.8 Å². The number of nitrogens with zero attached hydrogens (tertiary/aromatic N) is 4. The number of aromatic nitrogens is 4. The van der Waals surface area contributed by atoms with E-state index in [9.17, 15) is 4.39 Å². The summed E-state index contributed by atoms with van der Waals surface area (Å²) < 4.78 is 27.2. The number of anilines is 3. The molecule has 0 bridgehead atoms. The number of allylic oxidation sites excluding steroid dienone is 4. The van der Waals surface area contributed by atoms with E-state index in [2.05, 4.69) is 25.2 Å². The Bertz CT molecular complexity index is 1180. The summed E-state index contributed by atoms with van der Waals surface area (Å²) in [7, 11) is 1.68. The summed E-state index contributed by atoms with van der Waals surface area (Å²) in [6.45, 7) is 1.33. The predicted octanol–water partition coefficient (Wildman–Crippen LogP) is 4.68. The molecule has 1 aromatic carbocycles. The first-order valence-electron chi connectivity index (χ1n) is 10.8. The standard InChI is InChI=1S/C23H25FN6O2/c1-31-17-8-6-15(7-9-17)26-22-25-14-20-21(29-22)30(16-10-12-32-13-11-16)23(28-20)27-19-5-3-2-4-18(19)24/h2-6,8,14,16H,7,9-13H2,1H3,(H,27,28)(H,25,26,29). The molecule has 0 spiro atoms. The first-order valence-corrected chi connectivity index (χ1v) is 10.8. The van der Waals surface area contributed by atoms with Crippen molar-refractivity contribution in [1.82, 2.24) is 19.5 Å². The van der Waals surface area contributed by atoms with E-state index in [-0.39, 0.29) is 11.9 Å².